The van der Waals surface area contributed by atoms with Crippen LogP contribution < -0.4 is 10.6 Å². The summed E-state index contributed by atoms with van der Waals surface area (Å²) in [5.74, 6) is 0.465. The molecule has 4 fully saturated rings. The molecular weight excluding hydrogens is 707 g/mol. The van der Waals surface area contributed by atoms with Crippen molar-refractivity contribution in [3.63, 3.8) is 0 Å². The minimum Gasteiger partial charge on any atom is -0.481 e. The molecule has 0 bridgehead atoms. The highest BCUT2D eigenvalue weighted by Crippen LogP contribution is 2.68. The largest absolute Gasteiger partial charge is 0.481 e. The Hall–Kier alpha value is -3.86. The van der Waals surface area contributed by atoms with E-state index >= 15 is 0 Å². The second-order valence-corrected chi connectivity index (χ2v) is 18.1. The van der Waals surface area contributed by atoms with Gasteiger partial charge in [-0.2, -0.15) is 0 Å². The maximum absolute atomic E-state index is 13.0. The molecule has 0 radical (unpaired) electrons. The molecule has 3 aromatic rings. The smallest absolute Gasteiger partial charge is 0.303 e. The zero-order valence-electron chi connectivity index (χ0n) is 33.7. The van der Waals surface area contributed by atoms with Gasteiger partial charge in [0, 0.05) is 30.5 Å². The first-order chi connectivity index (χ1) is 26.7. The van der Waals surface area contributed by atoms with Crippen molar-refractivity contribution in [1.82, 2.24) is 10.3 Å². The van der Waals surface area contributed by atoms with Gasteiger partial charge in [-0.15, -0.1) is 0 Å². The Labute approximate surface area is 331 Å². The van der Waals surface area contributed by atoms with Gasteiger partial charge in [-0.05, 0) is 135 Å². The molecule has 0 aliphatic heterocycles. The van der Waals surface area contributed by atoms with E-state index in [1.807, 2.05) is 55.5 Å². The average Bonchev–Trinajstić information content (AvgIpc) is 3.53. The lowest BCUT2D eigenvalue weighted by Gasteiger charge is -2.63. The molecule has 1 heterocycles. The zero-order valence-corrected chi connectivity index (χ0v) is 33.7. The van der Waals surface area contributed by atoms with E-state index in [0.29, 0.717) is 55.3 Å². The minimum atomic E-state index is -0.767. The number of carboxylic acids is 1. The van der Waals surface area contributed by atoms with Crippen molar-refractivity contribution < 1.29 is 34.4 Å². The van der Waals surface area contributed by atoms with Crippen molar-refractivity contribution >= 4 is 34.3 Å². The molecule has 5 N–H and O–H groups in total. The summed E-state index contributed by atoms with van der Waals surface area (Å²) in [6.07, 6.45) is 6.17. The number of aromatic nitrogens is 1. The van der Waals surface area contributed by atoms with Crippen LogP contribution in [-0.2, 0) is 16.1 Å². The molecule has 1 amide bonds. The molecule has 11 atom stereocenters. The Morgan fingerprint density at radius 3 is 2.46 bits per heavy atom. The van der Waals surface area contributed by atoms with Gasteiger partial charge in [0.05, 0.1) is 47.4 Å². The number of nitrogens with one attached hydrogen (secondary N) is 2. The van der Waals surface area contributed by atoms with Crippen LogP contribution in [0, 0.1) is 53.3 Å². The molecule has 4 aliphatic carbocycles. The number of hydrogen-bond donors (Lipinski definition) is 5. The summed E-state index contributed by atoms with van der Waals surface area (Å²) in [6, 6.07) is 15.2. The number of aliphatic hydroxyl groups excluding tert-OH is 2. The Balaban J connectivity index is 0.896. The molecule has 0 spiro atoms. The number of rotatable bonds is 13. The maximum Gasteiger partial charge on any atom is 0.303 e. The Kier molecular flexibility index (Phi) is 11.7. The predicted molar refractivity (Wildman–Crippen MR) is 216 cm³/mol. The first-order valence-corrected chi connectivity index (χ1v) is 20.9. The molecule has 7 rings (SSSR count). The number of ketones is 1. The third kappa shape index (κ3) is 7.49. The van der Waals surface area contributed by atoms with E-state index in [-0.39, 0.29) is 64.6 Å². The third-order valence-corrected chi connectivity index (χ3v) is 15.2. The Bertz CT molecular complexity index is 1930. The minimum absolute atomic E-state index is 0.0235. The van der Waals surface area contributed by atoms with Crippen molar-refractivity contribution in [2.24, 2.45) is 46.3 Å². The van der Waals surface area contributed by atoms with Crippen LogP contribution in [0.25, 0.3) is 10.9 Å². The SMILES string of the molecule is CC(=O)c1c(C)nc2ccccc2c1NCc1ccc(C(=O)NCCO[C@H]2CC[C@@]3(C)C(CC(O)C4C3C[C@H](O)[C@@]3(C)C4CC[C@@H]3[C@H](C)CCC(=O)O)C2)cc1. The van der Waals surface area contributed by atoms with E-state index in [4.69, 9.17) is 4.74 Å². The molecule has 4 saturated carbocycles. The van der Waals surface area contributed by atoms with Crippen LogP contribution in [0.1, 0.15) is 117 Å². The van der Waals surface area contributed by atoms with Crippen LogP contribution in [0.15, 0.2) is 48.5 Å². The van der Waals surface area contributed by atoms with Crippen molar-refractivity contribution in [2.75, 3.05) is 18.5 Å². The quantitative estimate of drug-likeness (QED) is 0.0874. The topological polar surface area (TPSA) is 158 Å². The summed E-state index contributed by atoms with van der Waals surface area (Å²) in [4.78, 5) is 41.5. The number of carbonyl (C=O) groups is 3. The zero-order chi connectivity index (χ0) is 39.9. The van der Waals surface area contributed by atoms with Crippen molar-refractivity contribution in [2.45, 2.75) is 117 Å². The number of carboxylic acid groups (broad SMARTS) is 1. The monoisotopic (exact) mass is 767 g/mol. The van der Waals surface area contributed by atoms with Crippen LogP contribution in [0.2, 0.25) is 0 Å². The first kappa shape index (κ1) is 40.3. The van der Waals surface area contributed by atoms with Crippen LogP contribution >= 0.6 is 0 Å². The predicted octanol–water partition coefficient (Wildman–Crippen LogP) is 7.57. The fraction of sp³-hybridized carbons (Fsp3) is 0.609. The van der Waals surface area contributed by atoms with E-state index in [1.165, 1.54) is 0 Å². The molecule has 4 aliphatic rings. The van der Waals surface area contributed by atoms with Gasteiger partial charge in [0.15, 0.2) is 5.78 Å². The van der Waals surface area contributed by atoms with Crippen molar-refractivity contribution in [1.29, 1.82) is 0 Å². The second kappa shape index (κ2) is 16.2. The summed E-state index contributed by atoms with van der Waals surface area (Å²) >= 11 is 0. The third-order valence-electron chi connectivity index (χ3n) is 15.2. The summed E-state index contributed by atoms with van der Waals surface area (Å²) in [6.45, 7) is 11.5. The van der Waals surface area contributed by atoms with Crippen LogP contribution in [0.3, 0.4) is 0 Å². The number of carbonyl (C=O) groups excluding carboxylic acids is 2. The lowest BCUT2D eigenvalue weighted by molar-refractivity contribution is -0.209. The molecule has 2 aromatic carbocycles. The summed E-state index contributed by atoms with van der Waals surface area (Å²) in [7, 11) is 0. The number of para-hydroxylation sites is 1. The highest BCUT2D eigenvalue weighted by Gasteiger charge is 2.65. The average molecular weight is 768 g/mol. The van der Waals surface area contributed by atoms with Gasteiger partial charge >= 0.3 is 5.97 Å². The molecule has 0 saturated heterocycles. The number of ether oxygens (including phenoxy) is 1. The number of aliphatic carboxylic acids is 1. The number of amides is 1. The van der Waals surface area contributed by atoms with Crippen LogP contribution in [-0.4, -0.2) is 69.4 Å². The molecule has 302 valence electrons. The number of anilines is 1. The van der Waals surface area contributed by atoms with Gasteiger partial charge in [0.2, 0.25) is 0 Å². The number of hydrogen-bond acceptors (Lipinski definition) is 8. The van der Waals surface area contributed by atoms with Gasteiger partial charge in [-0.25, -0.2) is 0 Å². The summed E-state index contributed by atoms with van der Waals surface area (Å²) in [5, 5.41) is 40.3. The van der Waals surface area contributed by atoms with Gasteiger partial charge in [0.25, 0.3) is 5.91 Å². The number of fused-ring (bicyclic) bond motifs is 6. The molecular formula is C46H61N3O7. The molecule has 1 aromatic heterocycles. The Morgan fingerprint density at radius 2 is 1.73 bits per heavy atom. The normalized spacial score (nSPS) is 32.8. The Morgan fingerprint density at radius 1 is 0.982 bits per heavy atom. The number of aliphatic hydroxyl groups is 2. The highest BCUT2D eigenvalue weighted by atomic mass is 16.5. The van der Waals surface area contributed by atoms with E-state index in [0.717, 1.165) is 60.7 Å². The molecule has 56 heavy (non-hydrogen) atoms. The number of Topliss-reactive ketones (excluding diaryl/α,β-unsaturated/α-hetero) is 1. The fourth-order valence-electron chi connectivity index (χ4n) is 12.2. The second-order valence-electron chi connectivity index (χ2n) is 18.1. The summed E-state index contributed by atoms with van der Waals surface area (Å²) < 4.78 is 6.36. The van der Waals surface area contributed by atoms with E-state index < -0.39 is 18.2 Å². The summed E-state index contributed by atoms with van der Waals surface area (Å²) in [5.41, 5.74) is 4.15. The number of nitrogens with zero attached hydrogens (tertiary/aromatic N) is 1. The number of aryl methyl sites for hydroxylation is 1. The van der Waals surface area contributed by atoms with Crippen LogP contribution in [0.5, 0.6) is 0 Å². The molecule has 10 heteroatoms. The molecule has 5 unspecified atom stereocenters. The van der Waals surface area contributed by atoms with Gasteiger partial charge in [-0.1, -0.05) is 51.1 Å². The van der Waals surface area contributed by atoms with Gasteiger partial charge in [0.1, 0.15) is 0 Å². The first-order valence-electron chi connectivity index (χ1n) is 20.9. The van der Waals surface area contributed by atoms with E-state index in [1.54, 1.807) is 6.92 Å². The van der Waals surface area contributed by atoms with Crippen LogP contribution in [0.4, 0.5) is 5.69 Å². The van der Waals surface area contributed by atoms with E-state index in [2.05, 4.69) is 36.4 Å². The molecule has 10 nitrogen and oxygen atoms in total. The van der Waals surface area contributed by atoms with Crippen molar-refractivity contribution in [3.8, 4) is 0 Å². The maximum atomic E-state index is 13.0. The number of pyridine rings is 1. The van der Waals surface area contributed by atoms with E-state index in [9.17, 15) is 29.7 Å². The standard InChI is InChI=1S/C46H61N3O7/c1-26(10-17-40(53)54)34-15-16-35-42-36(24-39(52)46(34,35)5)45(4)19-18-32(22-31(45)23-38(42)51)56-21-20-47-44(55)30-13-11-29(12-14-30)25-48-43-33-8-6-7-9-37(33)49-27(2)41(43)28(3)50/h6-9,11-14,26,31-32,34-36,38-39,42,51-52H,10,15-25H2,1-5H3,(H,47,55)(H,48,49)(H,53,54)/t26-,31?,32+,34-,35?,36?,38?,39+,42?,45+,46-/m1/s1. The fourth-order valence-corrected chi connectivity index (χ4v) is 12.2. The van der Waals surface area contributed by atoms with Gasteiger partial charge in [-0.3, -0.25) is 19.4 Å². The lowest BCUT2D eigenvalue weighted by Crippen LogP contribution is -2.62. The number of benzene rings is 2. The highest BCUT2D eigenvalue weighted by molar-refractivity contribution is 6.08. The van der Waals surface area contributed by atoms with Crippen molar-refractivity contribution in [3.05, 3.63) is 70.9 Å². The van der Waals surface area contributed by atoms with Gasteiger partial charge < -0.3 is 30.7 Å². The lowest BCUT2D eigenvalue weighted by atomic mass is 9.43.